The van der Waals surface area contributed by atoms with E-state index in [1.54, 1.807) is 0 Å². The van der Waals surface area contributed by atoms with E-state index < -0.39 is 0 Å². The number of anilines is 1. The van der Waals surface area contributed by atoms with Gasteiger partial charge in [0.05, 0.1) is 0 Å². The van der Waals surface area contributed by atoms with Crippen molar-refractivity contribution >= 4 is 5.69 Å². The van der Waals surface area contributed by atoms with Gasteiger partial charge in [-0.1, -0.05) is 45.9 Å². The molecule has 1 nitrogen and oxygen atoms in total. The molecule has 1 heteroatoms. The van der Waals surface area contributed by atoms with Crippen LogP contribution in [0.1, 0.15) is 59.1 Å². The summed E-state index contributed by atoms with van der Waals surface area (Å²) in [6.45, 7) is 15.3. The Labute approximate surface area is 119 Å². The lowest BCUT2D eigenvalue weighted by Crippen LogP contribution is -2.39. The second-order valence-electron chi connectivity index (χ2n) is 7.37. The molecule has 0 bridgehead atoms. The summed E-state index contributed by atoms with van der Waals surface area (Å²) >= 11 is 0. The van der Waals surface area contributed by atoms with Gasteiger partial charge in [0.2, 0.25) is 0 Å². The second-order valence-corrected chi connectivity index (χ2v) is 7.37. The Morgan fingerprint density at radius 2 is 1.53 bits per heavy atom. The minimum atomic E-state index is 0.263. The number of nitrogens with zero attached hydrogens (tertiary/aromatic N) is 1. The van der Waals surface area contributed by atoms with Crippen LogP contribution in [0, 0.1) is 5.41 Å². The lowest BCUT2D eigenvalue weighted by molar-refractivity contribution is 0.371. The van der Waals surface area contributed by atoms with Crippen LogP contribution >= 0.6 is 0 Å². The predicted octanol–water partition coefficient (Wildman–Crippen LogP) is 4.83. The fourth-order valence-electron chi connectivity index (χ4n) is 3.91. The van der Waals surface area contributed by atoms with E-state index in [4.69, 9.17) is 0 Å². The lowest BCUT2D eigenvalue weighted by atomic mass is 9.86. The minimum absolute atomic E-state index is 0.263. The van der Waals surface area contributed by atoms with Crippen molar-refractivity contribution in [3.8, 4) is 0 Å². The summed E-state index contributed by atoms with van der Waals surface area (Å²) < 4.78 is 0. The van der Waals surface area contributed by atoms with Crippen molar-refractivity contribution in [2.24, 2.45) is 5.41 Å². The fourth-order valence-corrected chi connectivity index (χ4v) is 3.91. The largest absolute Gasteiger partial charge is 0.365 e. The Morgan fingerprint density at radius 1 is 1.00 bits per heavy atom. The maximum absolute atomic E-state index is 2.67. The number of hydrogen-bond donors (Lipinski definition) is 0. The van der Waals surface area contributed by atoms with E-state index >= 15 is 0 Å². The van der Waals surface area contributed by atoms with Gasteiger partial charge in [0.25, 0.3) is 0 Å². The zero-order chi connectivity index (χ0) is 14.3. The van der Waals surface area contributed by atoms with Crippen LogP contribution in [-0.2, 0) is 12.8 Å². The van der Waals surface area contributed by atoms with E-state index in [1.807, 2.05) is 0 Å². The Bertz CT molecular complexity index is 435. The molecule has 0 N–H and O–H groups in total. The number of benzene rings is 1. The van der Waals surface area contributed by atoms with Crippen LogP contribution in [-0.4, -0.2) is 12.1 Å². The van der Waals surface area contributed by atoms with Crippen LogP contribution in [0.2, 0.25) is 0 Å². The van der Waals surface area contributed by atoms with E-state index in [-0.39, 0.29) is 5.54 Å². The zero-order valence-electron chi connectivity index (χ0n) is 13.5. The highest BCUT2D eigenvalue weighted by Crippen LogP contribution is 2.45. The van der Waals surface area contributed by atoms with Gasteiger partial charge in [-0.2, -0.15) is 0 Å². The van der Waals surface area contributed by atoms with Gasteiger partial charge in [0, 0.05) is 17.8 Å². The van der Waals surface area contributed by atoms with Crippen molar-refractivity contribution in [1.29, 1.82) is 0 Å². The molecule has 2 rings (SSSR count). The number of hydrogen-bond acceptors (Lipinski definition) is 1. The normalized spacial score (nSPS) is 20.8. The van der Waals surface area contributed by atoms with Crippen molar-refractivity contribution in [3.05, 3.63) is 29.3 Å². The second kappa shape index (κ2) is 4.85. The average molecular weight is 259 g/mol. The molecule has 1 aliphatic heterocycles. The van der Waals surface area contributed by atoms with Gasteiger partial charge in [-0.05, 0) is 49.7 Å². The third kappa shape index (κ3) is 2.66. The molecule has 0 atom stereocenters. The molecular formula is C18H29N. The first-order valence-electron chi connectivity index (χ1n) is 7.69. The summed E-state index contributed by atoms with van der Waals surface area (Å²) in [6.07, 6.45) is 3.51. The third-order valence-corrected chi connectivity index (χ3v) is 4.46. The maximum Gasteiger partial charge on any atom is 0.0435 e. The molecule has 0 radical (unpaired) electrons. The van der Waals surface area contributed by atoms with Gasteiger partial charge >= 0.3 is 0 Å². The first kappa shape index (κ1) is 14.4. The molecule has 106 valence electrons. The molecule has 0 amide bonds. The van der Waals surface area contributed by atoms with Crippen molar-refractivity contribution in [2.75, 3.05) is 11.4 Å². The molecule has 1 fully saturated rings. The number of rotatable bonds is 3. The Kier molecular flexibility index (Phi) is 3.68. The van der Waals surface area contributed by atoms with Crippen LogP contribution in [0.5, 0.6) is 0 Å². The molecule has 19 heavy (non-hydrogen) atoms. The van der Waals surface area contributed by atoms with Crippen LogP contribution < -0.4 is 4.90 Å². The first-order chi connectivity index (χ1) is 8.80. The molecular weight excluding hydrogens is 230 g/mol. The molecule has 1 aromatic rings. The highest BCUT2D eigenvalue weighted by Gasteiger charge is 2.43. The monoisotopic (exact) mass is 259 g/mol. The van der Waals surface area contributed by atoms with E-state index in [9.17, 15) is 0 Å². The van der Waals surface area contributed by atoms with Crippen LogP contribution in [0.3, 0.4) is 0 Å². The highest BCUT2D eigenvalue weighted by atomic mass is 15.2. The van der Waals surface area contributed by atoms with Crippen molar-refractivity contribution < 1.29 is 0 Å². The topological polar surface area (TPSA) is 3.24 Å². The minimum Gasteiger partial charge on any atom is -0.365 e. The first-order valence-corrected chi connectivity index (χ1v) is 7.69. The molecule has 1 heterocycles. The van der Waals surface area contributed by atoms with Crippen LogP contribution in [0.15, 0.2) is 18.2 Å². The molecule has 0 aliphatic carbocycles. The van der Waals surface area contributed by atoms with Crippen molar-refractivity contribution in [2.45, 2.75) is 66.3 Å². The molecule has 0 unspecified atom stereocenters. The predicted molar refractivity (Wildman–Crippen MR) is 85.0 cm³/mol. The molecule has 1 saturated heterocycles. The zero-order valence-corrected chi connectivity index (χ0v) is 13.5. The lowest BCUT2D eigenvalue weighted by Gasteiger charge is -2.36. The van der Waals surface area contributed by atoms with Gasteiger partial charge in [0.1, 0.15) is 0 Å². The van der Waals surface area contributed by atoms with Gasteiger partial charge < -0.3 is 4.90 Å². The number of aryl methyl sites for hydroxylation is 2. The molecule has 1 aromatic carbocycles. The van der Waals surface area contributed by atoms with Crippen LogP contribution in [0.4, 0.5) is 5.69 Å². The average Bonchev–Trinajstić information content (AvgIpc) is 2.55. The molecule has 0 aromatic heterocycles. The summed E-state index contributed by atoms with van der Waals surface area (Å²) in [5.41, 5.74) is 5.20. The Hall–Kier alpha value is -0.980. The summed E-state index contributed by atoms with van der Waals surface area (Å²) in [7, 11) is 0. The maximum atomic E-state index is 2.67. The van der Waals surface area contributed by atoms with E-state index in [1.165, 1.54) is 29.8 Å². The SMILES string of the molecule is CCc1cccc(CC)c1N1CC(C)(C)CC1(C)C. The quantitative estimate of drug-likeness (QED) is 0.751. The Balaban J connectivity index is 2.52. The van der Waals surface area contributed by atoms with E-state index in [0.717, 1.165) is 12.8 Å². The van der Waals surface area contributed by atoms with Crippen LogP contribution in [0.25, 0.3) is 0 Å². The Morgan fingerprint density at radius 3 is 1.89 bits per heavy atom. The fraction of sp³-hybridized carbons (Fsp3) is 0.667. The van der Waals surface area contributed by atoms with E-state index in [2.05, 4.69) is 64.6 Å². The summed E-state index contributed by atoms with van der Waals surface area (Å²) in [6, 6.07) is 6.82. The van der Waals surface area contributed by atoms with Crippen molar-refractivity contribution in [3.63, 3.8) is 0 Å². The summed E-state index contributed by atoms with van der Waals surface area (Å²) in [4.78, 5) is 2.67. The van der Waals surface area contributed by atoms with Crippen molar-refractivity contribution in [1.82, 2.24) is 0 Å². The summed E-state index contributed by atoms with van der Waals surface area (Å²) in [5, 5.41) is 0. The van der Waals surface area contributed by atoms with Gasteiger partial charge in [-0.15, -0.1) is 0 Å². The van der Waals surface area contributed by atoms with Gasteiger partial charge in [0.15, 0.2) is 0 Å². The standard InChI is InChI=1S/C18H29N/c1-7-14-10-9-11-15(8-2)16(14)19-13-17(3,4)12-18(19,5)6/h9-11H,7-8,12-13H2,1-6H3. The molecule has 0 spiro atoms. The molecule has 1 aliphatic rings. The summed E-state index contributed by atoms with van der Waals surface area (Å²) in [5.74, 6) is 0. The smallest absolute Gasteiger partial charge is 0.0435 e. The number of para-hydroxylation sites is 1. The van der Waals surface area contributed by atoms with Gasteiger partial charge in [-0.25, -0.2) is 0 Å². The molecule has 0 saturated carbocycles. The van der Waals surface area contributed by atoms with Gasteiger partial charge in [-0.3, -0.25) is 0 Å². The third-order valence-electron chi connectivity index (χ3n) is 4.46. The van der Waals surface area contributed by atoms with E-state index in [0.29, 0.717) is 5.41 Å². The highest BCUT2D eigenvalue weighted by molar-refractivity contribution is 5.62.